The lowest BCUT2D eigenvalue weighted by Gasteiger charge is -2.24. The maximum absolute atomic E-state index is 12.5. The molecule has 0 spiro atoms. The lowest BCUT2D eigenvalue weighted by Crippen LogP contribution is -2.35. The second-order valence-corrected chi connectivity index (χ2v) is 5.54. The highest BCUT2D eigenvalue weighted by Crippen LogP contribution is 2.28. The average molecular weight is 260 g/mol. The molecule has 1 aromatic carbocycles. The Balaban J connectivity index is 2.06. The first-order chi connectivity index (χ1) is 9.11. The number of carbonyl (C=O) groups excluding carboxylic acids is 1. The van der Waals surface area contributed by atoms with Gasteiger partial charge in [-0.15, -0.1) is 0 Å². The van der Waals surface area contributed by atoms with Crippen molar-refractivity contribution in [2.24, 2.45) is 11.7 Å². The highest BCUT2D eigenvalue weighted by atomic mass is 16.2. The van der Waals surface area contributed by atoms with Gasteiger partial charge in [-0.1, -0.05) is 18.6 Å². The zero-order valence-corrected chi connectivity index (χ0v) is 11.9. The van der Waals surface area contributed by atoms with Gasteiger partial charge in [-0.05, 0) is 50.3 Å². The van der Waals surface area contributed by atoms with Crippen LogP contribution in [0, 0.1) is 12.8 Å². The Morgan fingerprint density at radius 3 is 2.79 bits per heavy atom. The summed E-state index contributed by atoms with van der Waals surface area (Å²) in [6.45, 7) is 4.79. The van der Waals surface area contributed by atoms with Gasteiger partial charge in [-0.25, -0.2) is 0 Å². The van der Waals surface area contributed by atoms with Crippen LogP contribution in [0.5, 0.6) is 0 Å². The number of rotatable bonds is 4. The molecule has 1 aliphatic carbocycles. The van der Waals surface area contributed by atoms with Crippen LogP contribution in [0.15, 0.2) is 24.3 Å². The summed E-state index contributed by atoms with van der Waals surface area (Å²) in [5.41, 5.74) is 8.24. The molecular weight excluding hydrogens is 236 g/mol. The summed E-state index contributed by atoms with van der Waals surface area (Å²) in [7, 11) is 0. The molecule has 0 heterocycles. The maximum Gasteiger partial charge on any atom is 0.227 e. The van der Waals surface area contributed by atoms with Crippen LogP contribution in [0.4, 0.5) is 5.69 Å². The predicted molar refractivity (Wildman–Crippen MR) is 79.1 cm³/mol. The minimum Gasteiger partial charge on any atom is -0.327 e. The second-order valence-electron chi connectivity index (χ2n) is 5.54. The van der Waals surface area contributed by atoms with Crippen molar-refractivity contribution in [3.05, 3.63) is 29.8 Å². The molecule has 1 saturated carbocycles. The van der Waals surface area contributed by atoms with E-state index in [4.69, 9.17) is 5.73 Å². The molecule has 1 aliphatic rings. The summed E-state index contributed by atoms with van der Waals surface area (Å²) >= 11 is 0. The monoisotopic (exact) mass is 260 g/mol. The van der Waals surface area contributed by atoms with E-state index in [0.29, 0.717) is 18.9 Å². The molecule has 104 valence electrons. The second kappa shape index (κ2) is 6.20. The normalized spacial score (nSPS) is 22.5. The topological polar surface area (TPSA) is 46.3 Å². The van der Waals surface area contributed by atoms with E-state index in [9.17, 15) is 4.79 Å². The van der Waals surface area contributed by atoms with Crippen LogP contribution in [0.3, 0.4) is 0 Å². The summed E-state index contributed by atoms with van der Waals surface area (Å²) in [6, 6.07) is 8.33. The molecule has 0 radical (unpaired) electrons. The molecule has 2 atom stereocenters. The number of nitrogens with zero attached hydrogens (tertiary/aromatic N) is 1. The first-order valence-corrected chi connectivity index (χ1v) is 7.24. The zero-order chi connectivity index (χ0) is 13.8. The van der Waals surface area contributed by atoms with Gasteiger partial charge < -0.3 is 10.6 Å². The van der Waals surface area contributed by atoms with E-state index in [2.05, 4.69) is 19.1 Å². The van der Waals surface area contributed by atoms with Crippen LogP contribution in [0.2, 0.25) is 0 Å². The quantitative estimate of drug-likeness (QED) is 0.905. The molecule has 0 unspecified atom stereocenters. The van der Waals surface area contributed by atoms with Gasteiger partial charge in [0.05, 0.1) is 0 Å². The standard InChI is InChI=1S/C16H24N2O/c1-3-18(14-8-4-6-12(2)10-14)16(19)11-13-7-5-9-15(13)17/h4,6,8,10,13,15H,3,5,7,9,11,17H2,1-2H3/t13-,15+/m0/s1. The van der Waals surface area contributed by atoms with Crippen LogP contribution < -0.4 is 10.6 Å². The summed E-state index contributed by atoms with van der Waals surface area (Å²) in [5, 5.41) is 0. The first-order valence-electron chi connectivity index (χ1n) is 7.24. The largest absolute Gasteiger partial charge is 0.327 e. The van der Waals surface area contributed by atoms with E-state index >= 15 is 0 Å². The summed E-state index contributed by atoms with van der Waals surface area (Å²) in [4.78, 5) is 14.3. The number of anilines is 1. The van der Waals surface area contributed by atoms with Crippen LogP contribution >= 0.6 is 0 Å². The van der Waals surface area contributed by atoms with Crippen molar-refractivity contribution in [3.8, 4) is 0 Å². The summed E-state index contributed by atoms with van der Waals surface area (Å²) < 4.78 is 0. The van der Waals surface area contributed by atoms with Gasteiger partial charge in [0.15, 0.2) is 0 Å². The molecule has 0 aliphatic heterocycles. The van der Waals surface area contributed by atoms with Gasteiger partial charge in [-0.3, -0.25) is 4.79 Å². The molecule has 2 rings (SSSR count). The Bertz CT molecular complexity index is 444. The van der Waals surface area contributed by atoms with Gasteiger partial charge in [0.2, 0.25) is 5.91 Å². The maximum atomic E-state index is 12.5. The van der Waals surface area contributed by atoms with Crippen molar-refractivity contribution < 1.29 is 4.79 Å². The lowest BCUT2D eigenvalue weighted by atomic mass is 9.99. The molecular formula is C16H24N2O. The molecule has 0 bridgehead atoms. The number of amides is 1. The molecule has 1 aromatic rings. The highest BCUT2D eigenvalue weighted by molar-refractivity contribution is 5.93. The predicted octanol–water partition coefficient (Wildman–Crippen LogP) is 2.87. The van der Waals surface area contributed by atoms with Gasteiger partial charge in [0.25, 0.3) is 0 Å². The number of benzene rings is 1. The van der Waals surface area contributed by atoms with Crippen molar-refractivity contribution >= 4 is 11.6 Å². The Hall–Kier alpha value is -1.35. The molecule has 2 N–H and O–H groups in total. The Morgan fingerprint density at radius 1 is 1.42 bits per heavy atom. The number of hydrogen-bond acceptors (Lipinski definition) is 2. The van der Waals surface area contributed by atoms with Gasteiger partial charge in [-0.2, -0.15) is 0 Å². The van der Waals surface area contributed by atoms with Crippen LogP contribution in [-0.2, 0) is 4.79 Å². The molecule has 1 amide bonds. The van der Waals surface area contributed by atoms with E-state index in [1.807, 2.05) is 24.0 Å². The lowest BCUT2D eigenvalue weighted by molar-refractivity contribution is -0.119. The van der Waals surface area contributed by atoms with Crippen molar-refractivity contribution in [2.45, 2.75) is 45.6 Å². The minimum absolute atomic E-state index is 0.204. The zero-order valence-electron chi connectivity index (χ0n) is 11.9. The summed E-state index contributed by atoms with van der Waals surface area (Å²) in [5.74, 6) is 0.571. The SMILES string of the molecule is CCN(C(=O)C[C@@H]1CCC[C@H]1N)c1cccc(C)c1. The third-order valence-corrected chi connectivity index (χ3v) is 4.09. The third kappa shape index (κ3) is 3.35. The highest BCUT2D eigenvalue weighted by Gasteiger charge is 2.28. The molecule has 0 aromatic heterocycles. The number of nitrogens with two attached hydrogens (primary N) is 1. The minimum atomic E-state index is 0.204. The first kappa shape index (κ1) is 14.1. The fraction of sp³-hybridized carbons (Fsp3) is 0.562. The van der Waals surface area contributed by atoms with Crippen molar-refractivity contribution in [1.82, 2.24) is 0 Å². The van der Waals surface area contributed by atoms with Crippen molar-refractivity contribution in [2.75, 3.05) is 11.4 Å². The fourth-order valence-corrected chi connectivity index (χ4v) is 2.95. The van der Waals surface area contributed by atoms with E-state index in [0.717, 1.165) is 24.9 Å². The number of hydrogen-bond donors (Lipinski definition) is 1. The molecule has 3 nitrogen and oxygen atoms in total. The van der Waals surface area contributed by atoms with E-state index in [-0.39, 0.29) is 11.9 Å². The number of aryl methyl sites for hydroxylation is 1. The number of carbonyl (C=O) groups is 1. The molecule has 1 fully saturated rings. The fourth-order valence-electron chi connectivity index (χ4n) is 2.95. The van der Waals surface area contributed by atoms with Crippen molar-refractivity contribution in [3.63, 3.8) is 0 Å². The van der Waals surface area contributed by atoms with Crippen LogP contribution in [-0.4, -0.2) is 18.5 Å². The van der Waals surface area contributed by atoms with Gasteiger partial charge >= 0.3 is 0 Å². The smallest absolute Gasteiger partial charge is 0.227 e. The Kier molecular flexibility index (Phi) is 4.59. The summed E-state index contributed by atoms with van der Waals surface area (Å²) in [6.07, 6.45) is 3.91. The Morgan fingerprint density at radius 2 is 2.21 bits per heavy atom. The van der Waals surface area contributed by atoms with E-state index in [1.165, 1.54) is 5.56 Å². The molecule has 0 saturated heterocycles. The van der Waals surface area contributed by atoms with Crippen LogP contribution in [0.1, 0.15) is 38.2 Å². The van der Waals surface area contributed by atoms with E-state index < -0.39 is 0 Å². The average Bonchev–Trinajstić information content (AvgIpc) is 2.76. The third-order valence-electron chi connectivity index (χ3n) is 4.09. The van der Waals surface area contributed by atoms with Crippen molar-refractivity contribution in [1.29, 1.82) is 0 Å². The van der Waals surface area contributed by atoms with E-state index in [1.54, 1.807) is 0 Å². The van der Waals surface area contributed by atoms with Gasteiger partial charge in [0, 0.05) is 24.7 Å². The van der Waals surface area contributed by atoms with Crippen LogP contribution in [0.25, 0.3) is 0 Å². The van der Waals surface area contributed by atoms with Gasteiger partial charge in [0.1, 0.15) is 0 Å². The molecule has 19 heavy (non-hydrogen) atoms. The molecule has 3 heteroatoms. The Labute approximate surface area is 115 Å².